The molecule has 0 aliphatic heterocycles. The quantitative estimate of drug-likeness (QED) is 0.497. The van der Waals surface area contributed by atoms with Crippen LogP contribution in [0.3, 0.4) is 0 Å². The van der Waals surface area contributed by atoms with Crippen molar-refractivity contribution in [3.8, 4) is 0 Å². The van der Waals surface area contributed by atoms with Crippen molar-refractivity contribution < 1.29 is 15.3 Å². The first-order valence-electron chi connectivity index (χ1n) is 4.92. The highest BCUT2D eigenvalue weighted by atomic mass is 16.3. The van der Waals surface area contributed by atoms with Gasteiger partial charge in [-0.05, 0) is 45.4 Å². The Morgan fingerprint density at radius 2 is 1.23 bits per heavy atom. The third-order valence-electron chi connectivity index (χ3n) is 2.10. The second-order valence-electron chi connectivity index (χ2n) is 3.59. The van der Waals surface area contributed by atoms with Crippen LogP contribution in [0.1, 0.15) is 38.5 Å². The van der Waals surface area contributed by atoms with Crippen LogP contribution in [0.5, 0.6) is 0 Å². The summed E-state index contributed by atoms with van der Waals surface area (Å²) in [7, 11) is 0. The fourth-order valence-corrected chi connectivity index (χ4v) is 1.26. The Balaban J connectivity index is 3.42. The average Bonchev–Trinajstić information content (AvgIpc) is 2.05. The van der Waals surface area contributed by atoms with Crippen LogP contribution in [-0.2, 0) is 0 Å². The SMILES string of the molecule is [CH2]C(O)(CCCCO)CCCCO. The van der Waals surface area contributed by atoms with Gasteiger partial charge in [-0.25, -0.2) is 0 Å². The highest BCUT2D eigenvalue weighted by Gasteiger charge is 2.18. The molecule has 0 spiro atoms. The normalized spacial score (nSPS) is 12.0. The monoisotopic (exact) mass is 189 g/mol. The molecule has 3 nitrogen and oxygen atoms in total. The van der Waals surface area contributed by atoms with E-state index in [1.54, 1.807) is 0 Å². The maximum absolute atomic E-state index is 9.69. The van der Waals surface area contributed by atoms with Gasteiger partial charge in [0.2, 0.25) is 0 Å². The first-order chi connectivity index (χ1) is 6.12. The molecule has 0 aromatic heterocycles. The molecule has 0 unspecified atom stereocenters. The largest absolute Gasteiger partial charge is 0.396 e. The highest BCUT2D eigenvalue weighted by Crippen LogP contribution is 2.19. The van der Waals surface area contributed by atoms with E-state index >= 15 is 0 Å². The van der Waals surface area contributed by atoms with Gasteiger partial charge in [-0.15, -0.1) is 0 Å². The first-order valence-corrected chi connectivity index (χ1v) is 4.92. The number of unbranched alkanes of at least 4 members (excludes halogenated alkanes) is 2. The molecule has 1 radical (unpaired) electrons. The zero-order chi connectivity index (χ0) is 10.2. The Labute approximate surface area is 80.4 Å². The predicted molar refractivity (Wildman–Crippen MR) is 52.2 cm³/mol. The van der Waals surface area contributed by atoms with Gasteiger partial charge in [0.25, 0.3) is 0 Å². The molecule has 3 heteroatoms. The summed E-state index contributed by atoms with van der Waals surface area (Å²) in [5, 5.41) is 26.8. The van der Waals surface area contributed by atoms with E-state index in [9.17, 15) is 5.11 Å². The highest BCUT2D eigenvalue weighted by molar-refractivity contribution is 4.80. The Morgan fingerprint density at radius 3 is 1.54 bits per heavy atom. The molecule has 0 saturated carbocycles. The van der Waals surface area contributed by atoms with Gasteiger partial charge in [-0.1, -0.05) is 0 Å². The predicted octanol–water partition coefficient (Wildman–Crippen LogP) is 0.877. The molecule has 79 valence electrons. The van der Waals surface area contributed by atoms with Crippen molar-refractivity contribution in [2.75, 3.05) is 13.2 Å². The maximum atomic E-state index is 9.69. The van der Waals surface area contributed by atoms with Gasteiger partial charge < -0.3 is 15.3 Å². The minimum absolute atomic E-state index is 0.173. The summed E-state index contributed by atoms with van der Waals surface area (Å²) in [6.45, 7) is 4.05. The van der Waals surface area contributed by atoms with E-state index in [4.69, 9.17) is 10.2 Å². The van der Waals surface area contributed by atoms with Crippen LogP contribution in [0.2, 0.25) is 0 Å². The molecule has 3 N–H and O–H groups in total. The molecule has 0 aromatic rings. The van der Waals surface area contributed by atoms with Crippen LogP contribution in [0.25, 0.3) is 0 Å². The van der Waals surface area contributed by atoms with Crippen molar-refractivity contribution >= 4 is 0 Å². The fraction of sp³-hybridized carbons (Fsp3) is 0.900. The second kappa shape index (κ2) is 7.30. The third kappa shape index (κ3) is 8.22. The molecule has 0 amide bonds. The summed E-state index contributed by atoms with van der Waals surface area (Å²) in [6, 6.07) is 0. The first kappa shape index (κ1) is 12.9. The zero-order valence-electron chi connectivity index (χ0n) is 8.21. The van der Waals surface area contributed by atoms with E-state index in [-0.39, 0.29) is 13.2 Å². The number of aliphatic hydroxyl groups excluding tert-OH is 2. The van der Waals surface area contributed by atoms with Crippen molar-refractivity contribution in [1.29, 1.82) is 0 Å². The van der Waals surface area contributed by atoms with Crippen LogP contribution in [0.15, 0.2) is 0 Å². The van der Waals surface area contributed by atoms with E-state index in [0.717, 1.165) is 25.7 Å². The average molecular weight is 189 g/mol. The van der Waals surface area contributed by atoms with Gasteiger partial charge in [0, 0.05) is 13.2 Å². The molecule has 13 heavy (non-hydrogen) atoms. The summed E-state index contributed by atoms with van der Waals surface area (Å²) in [5.41, 5.74) is -0.871. The Kier molecular flexibility index (Phi) is 7.23. The standard InChI is InChI=1S/C10H21O3/c1-10(13,6-2-4-8-11)7-3-5-9-12/h11-13H,1-9H2. The van der Waals surface area contributed by atoms with Crippen molar-refractivity contribution in [2.24, 2.45) is 0 Å². The molecule has 0 aromatic carbocycles. The number of hydrogen-bond acceptors (Lipinski definition) is 3. The second-order valence-corrected chi connectivity index (χ2v) is 3.59. The number of hydrogen-bond donors (Lipinski definition) is 3. The summed E-state index contributed by atoms with van der Waals surface area (Å²) in [6.07, 6.45) is 4.29. The third-order valence-corrected chi connectivity index (χ3v) is 2.10. The lowest BCUT2D eigenvalue weighted by atomic mass is 9.93. The molecule has 0 fully saturated rings. The van der Waals surface area contributed by atoms with E-state index in [0.29, 0.717) is 12.8 Å². The maximum Gasteiger partial charge on any atom is 0.0649 e. The lowest BCUT2D eigenvalue weighted by Gasteiger charge is -2.22. The lowest BCUT2D eigenvalue weighted by molar-refractivity contribution is 0.0608. The number of aliphatic hydroxyl groups is 3. The molecule has 0 bridgehead atoms. The van der Waals surface area contributed by atoms with Gasteiger partial charge >= 0.3 is 0 Å². The van der Waals surface area contributed by atoms with E-state index in [1.165, 1.54) is 0 Å². The summed E-state index contributed by atoms with van der Waals surface area (Å²) in [4.78, 5) is 0. The van der Waals surface area contributed by atoms with Gasteiger partial charge in [0.1, 0.15) is 0 Å². The summed E-state index contributed by atoms with van der Waals surface area (Å²) in [5.74, 6) is 0. The van der Waals surface area contributed by atoms with Crippen molar-refractivity contribution in [2.45, 2.75) is 44.1 Å². The van der Waals surface area contributed by atoms with E-state index in [2.05, 4.69) is 6.92 Å². The topological polar surface area (TPSA) is 60.7 Å². The van der Waals surface area contributed by atoms with Crippen molar-refractivity contribution in [1.82, 2.24) is 0 Å². The molecule has 0 atom stereocenters. The van der Waals surface area contributed by atoms with E-state index < -0.39 is 5.60 Å². The van der Waals surface area contributed by atoms with Crippen molar-refractivity contribution in [3.05, 3.63) is 6.92 Å². The van der Waals surface area contributed by atoms with Crippen LogP contribution in [0.4, 0.5) is 0 Å². The van der Waals surface area contributed by atoms with Gasteiger partial charge in [-0.2, -0.15) is 0 Å². The smallest absolute Gasteiger partial charge is 0.0649 e. The molecule has 0 heterocycles. The molecular formula is C10H21O3. The van der Waals surface area contributed by atoms with Crippen LogP contribution >= 0.6 is 0 Å². The van der Waals surface area contributed by atoms with Gasteiger partial charge in [-0.3, -0.25) is 0 Å². The van der Waals surface area contributed by atoms with Crippen LogP contribution in [-0.4, -0.2) is 34.1 Å². The lowest BCUT2D eigenvalue weighted by Crippen LogP contribution is -2.24. The zero-order valence-corrected chi connectivity index (χ0v) is 8.21. The van der Waals surface area contributed by atoms with Crippen molar-refractivity contribution in [3.63, 3.8) is 0 Å². The van der Waals surface area contributed by atoms with Crippen LogP contribution in [0, 0.1) is 6.92 Å². The minimum atomic E-state index is -0.871. The molecule has 0 saturated heterocycles. The van der Waals surface area contributed by atoms with Crippen LogP contribution < -0.4 is 0 Å². The minimum Gasteiger partial charge on any atom is -0.396 e. The Hall–Kier alpha value is -0.120. The Morgan fingerprint density at radius 1 is 0.846 bits per heavy atom. The Bertz CT molecular complexity index is 101. The molecule has 0 aliphatic rings. The summed E-state index contributed by atoms with van der Waals surface area (Å²) < 4.78 is 0. The fourth-order valence-electron chi connectivity index (χ4n) is 1.26. The van der Waals surface area contributed by atoms with E-state index in [1.807, 2.05) is 0 Å². The molecular weight excluding hydrogens is 168 g/mol. The van der Waals surface area contributed by atoms with Gasteiger partial charge in [0.15, 0.2) is 0 Å². The molecule has 0 rings (SSSR count). The van der Waals surface area contributed by atoms with Gasteiger partial charge in [0.05, 0.1) is 5.60 Å². The summed E-state index contributed by atoms with van der Waals surface area (Å²) >= 11 is 0. The molecule has 0 aliphatic carbocycles. The number of rotatable bonds is 8.